The molecule has 0 bridgehead atoms. The van der Waals surface area contributed by atoms with Crippen LogP contribution in [0.5, 0.6) is 0 Å². The maximum Gasteiger partial charge on any atom is 0.261 e. The average Bonchev–Trinajstić information content (AvgIpc) is 3.16. The van der Waals surface area contributed by atoms with Crippen LogP contribution in [0.3, 0.4) is 0 Å². The predicted molar refractivity (Wildman–Crippen MR) is 128 cm³/mol. The quantitative estimate of drug-likeness (QED) is 0.501. The molecule has 9 heteroatoms. The molecule has 2 aromatic carbocycles. The first-order chi connectivity index (χ1) is 15.3. The Balaban J connectivity index is 1.43. The molecule has 3 aromatic rings. The zero-order chi connectivity index (χ0) is 22.7. The van der Waals surface area contributed by atoms with Crippen LogP contribution < -0.4 is 10.0 Å². The maximum absolute atomic E-state index is 12.8. The summed E-state index contributed by atoms with van der Waals surface area (Å²) in [5.41, 5.74) is 2.71. The number of anilines is 1. The number of thiazole rings is 1. The van der Waals surface area contributed by atoms with Gasteiger partial charge in [0.15, 0.2) is 0 Å². The number of rotatable bonds is 7. The number of amides is 1. The molecule has 0 saturated heterocycles. The number of sulfonamides is 1. The fourth-order valence-corrected chi connectivity index (χ4v) is 6.09. The van der Waals surface area contributed by atoms with E-state index in [1.165, 1.54) is 41.6 Å². The van der Waals surface area contributed by atoms with Crippen LogP contribution in [0.15, 0.2) is 47.4 Å². The molecule has 0 spiro atoms. The van der Waals surface area contributed by atoms with Gasteiger partial charge in [-0.2, -0.15) is 0 Å². The van der Waals surface area contributed by atoms with Gasteiger partial charge < -0.3 is 5.32 Å². The molecule has 1 aliphatic carbocycles. The molecule has 0 fully saturated rings. The summed E-state index contributed by atoms with van der Waals surface area (Å²) in [6.45, 7) is 2.28. The van der Waals surface area contributed by atoms with Gasteiger partial charge >= 0.3 is 0 Å². The number of aromatic nitrogens is 1. The highest BCUT2D eigenvalue weighted by molar-refractivity contribution is 7.92. The normalized spacial score (nSPS) is 13.4. The summed E-state index contributed by atoms with van der Waals surface area (Å²) in [7, 11) is -3.87. The fraction of sp³-hybridized carbons (Fsp3) is 0.304. The van der Waals surface area contributed by atoms with Gasteiger partial charge in [-0.25, -0.2) is 13.4 Å². The molecule has 1 aromatic heterocycles. The SMILES string of the molecule is Cc1cccc(NS(=O)(=O)c2ccc(Cl)c(C(=O)NCCc3nc4c(s3)CCCC4)c2)c1. The van der Waals surface area contributed by atoms with Crippen molar-refractivity contribution < 1.29 is 13.2 Å². The van der Waals surface area contributed by atoms with E-state index in [2.05, 4.69) is 15.0 Å². The Morgan fingerprint density at radius 1 is 1.16 bits per heavy atom. The van der Waals surface area contributed by atoms with Gasteiger partial charge in [-0.05, 0) is 68.5 Å². The van der Waals surface area contributed by atoms with Gasteiger partial charge in [-0.3, -0.25) is 9.52 Å². The van der Waals surface area contributed by atoms with Crippen molar-refractivity contribution in [2.45, 2.75) is 43.9 Å². The molecule has 0 unspecified atom stereocenters. The summed E-state index contributed by atoms with van der Waals surface area (Å²) in [5.74, 6) is -0.413. The lowest BCUT2D eigenvalue weighted by Gasteiger charge is -2.11. The van der Waals surface area contributed by atoms with Crippen LogP contribution in [0.25, 0.3) is 0 Å². The molecule has 4 rings (SSSR count). The number of hydrogen-bond acceptors (Lipinski definition) is 5. The topological polar surface area (TPSA) is 88.2 Å². The monoisotopic (exact) mass is 489 g/mol. The number of aryl methyl sites for hydroxylation is 3. The van der Waals surface area contributed by atoms with Crippen LogP contribution in [0.1, 0.15) is 44.3 Å². The summed E-state index contributed by atoms with van der Waals surface area (Å²) in [5, 5.41) is 4.04. The molecule has 0 atom stereocenters. The second-order valence-electron chi connectivity index (χ2n) is 7.81. The van der Waals surface area contributed by atoms with Gasteiger partial charge in [0.2, 0.25) is 0 Å². The Morgan fingerprint density at radius 3 is 2.75 bits per heavy atom. The van der Waals surface area contributed by atoms with E-state index in [9.17, 15) is 13.2 Å². The highest BCUT2D eigenvalue weighted by atomic mass is 35.5. The lowest BCUT2D eigenvalue weighted by atomic mass is 10.0. The first-order valence-electron chi connectivity index (χ1n) is 10.5. The average molecular weight is 490 g/mol. The minimum Gasteiger partial charge on any atom is -0.352 e. The van der Waals surface area contributed by atoms with E-state index < -0.39 is 15.9 Å². The molecule has 1 heterocycles. The Hall–Kier alpha value is -2.42. The highest BCUT2D eigenvalue weighted by Gasteiger charge is 2.20. The minimum absolute atomic E-state index is 0.0267. The van der Waals surface area contributed by atoms with Crippen LogP contribution in [-0.2, 0) is 29.3 Å². The van der Waals surface area contributed by atoms with E-state index in [1.807, 2.05) is 13.0 Å². The zero-order valence-corrected chi connectivity index (χ0v) is 20.0. The van der Waals surface area contributed by atoms with Crippen LogP contribution in [0, 0.1) is 6.92 Å². The van der Waals surface area contributed by atoms with Gasteiger partial charge in [0, 0.05) is 23.5 Å². The lowest BCUT2D eigenvalue weighted by molar-refractivity contribution is 0.0954. The van der Waals surface area contributed by atoms with Gasteiger partial charge in [0.1, 0.15) is 0 Å². The summed E-state index contributed by atoms with van der Waals surface area (Å²) in [6.07, 6.45) is 5.15. The van der Waals surface area contributed by atoms with E-state index in [0.29, 0.717) is 18.7 Å². The largest absolute Gasteiger partial charge is 0.352 e. The second kappa shape index (κ2) is 9.60. The van der Waals surface area contributed by atoms with E-state index >= 15 is 0 Å². The number of nitrogens with one attached hydrogen (secondary N) is 2. The predicted octanol–water partition coefficient (Wildman–Crippen LogP) is 4.76. The van der Waals surface area contributed by atoms with Gasteiger partial charge in [-0.1, -0.05) is 23.7 Å². The third-order valence-corrected chi connectivity index (χ3v) is 8.20. The van der Waals surface area contributed by atoms with E-state index in [4.69, 9.17) is 11.6 Å². The Morgan fingerprint density at radius 2 is 1.97 bits per heavy atom. The Kier molecular flexibility index (Phi) is 6.83. The number of carbonyl (C=O) groups excluding carboxylic acids is 1. The Bertz CT molecular complexity index is 1230. The van der Waals surface area contributed by atoms with Crippen molar-refractivity contribution >= 4 is 44.6 Å². The molecule has 0 radical (unpaired) electrons. The number of nitrogens with zero attached hydrogens (tertiary/aromatic N) is 1. The maximum atomic E-state index is 12.8. The smallest absolute Gasteiger partial charge is 0.261 e. The summed E-state index contributed by atoms with van der Waals surface area (Å²) < 4.78 is 28.1. The van der Waals surface area contributed by atoms with Crippen molar-refractivity contribution in [3.8, 4) is 0 Å². The molecular weight excluding hydrogens is 466 g/mol. The van der Waals surface area contributed by atoms with E-state index in [-0.39, 0.29) is 15.5 Å². The van der Waals surface area contributed by atoms with Crippen molar-refractivity contribution in [2.75, 3.05) is 11.3 Å². The molecule has 6 nitrogen and oxygen atoms in total. The zero-order valence-electron chi connectivity index (χ0n) is 17.7. The van der Waals surface area contributed by atoms with E-state index in [0.717, 1.165) is 23.4 Å². The third kappa shape index (κ3) is 5.31. The lowest BCUT2D eigenvalue weighted by Crippen LogP contribution is -2.26. The number of fused-ring (bicyclic) bond motifs is 1. The van der Waals surface area contributed by atoms with Crippen molar-refractivity contribution in [3.05, 3.63) is 74.2 Å². The summed E-state index contributed by atoms with van der Waals surface area (Å²) in [4.78, 5) is 18.7. The minimum atomic E-state index is -3.87. The van der Waals surface area contributed by atoms with Gasteiger partial charge in [0.05, 0.1) is 26.2 Å². The van der Waals surface area contributed by atoms with Crippen molar-refractivity contribution in [1.82, 2.24) is 10.3 Å². The van der Waals surface area contributed by atoms with Crippen LogP contribution in [0.2, 0.25) is 5.02 Å². The fourth-order valence-electron chi connectivity index (χ4n) is 3.66. The van der Waals surface area contributed by atoms with Crippen molar-refractivity contribution in [2.24, 2.45) is 0 Å². The molecule has 1 aliphatic rings. The molecule has 0 aliphatic heterocycles. The third-order valence-electron chi connectivity index (χ3n) is 5.28. The number of halogens is 1. The summed E-state index contributed by atoms with van der Waals surface area (Å²) >= 11 is 7.92. The van der Waals surface area contributed by atoms with Crippen molar-refractivity contribution in [3.63, 3.8) is 0 Å². The number of hydrogen-bond donors (Lipinski definition) is 2. The van der Waals surface area contributed by atoms with Gasteiger partial charge in [-0.15, -0.1) is 11.3 Å². The van der Waals surface area contributed by atoms with Gasteiger partial charge in [0.25, 0.3) is 15.9 Å². The molecule has 0 saturated carbocycles. The summed E-state index contributed by atoms with van der Waals surface area (Å²) in [6, 6.07) is 11.2. The molecule has 32 heavy (non-hydrogen) atoms. The first kappa shape index (κ1) is 22.8. The highest BCUT2D eigenvalue weighted by Crippen LogP contribution is 2.27. The standard InChI is InChI=1S/C23H24ClN3O3S2/c1-15-5-4-6-16(13-15)27-32(29,30)17-9-10-19(24)18(14-17)23(28)25-12-11-22-26-20-7-2-3-8-21(20)31-22/h4-6,9-10,13-14,27H,2-3,7-8,11-12H2,1H3,(H,25,28). The van der Waals surface area contributed by atoms with Crippen molar-refractivity contribution in [1.29, 1.82) is 0 Å². The molecular formula is C23H24ClN3O3S2. The second-order valence-corrected chi connectivity index (χ2v) is 11.1. The number of carbonyl (C=O) groups is 1. The molecule has 168 valence electrons. The first-order valence-corrected chi connectivity index (χ1v) is 13.1. The van der Waals surface area contributed by atoms with Crippen LogP contribution in [-0.4, -0.2) is 25.9 Å². The Labute approximate surface area is 197 Å². The molecule has 2 N–H and O–H groups in total. The van der Waals surface area contributed by atoms with Crippen LogP contribution in [0.4, 0.5) is 5.69 Å². The number of benzene rings is 2. The molecule has 1 amide bonds. The van der Waals surface area contributed by atoms with Crippen LogP contribution >= 0.6 is 22.9 Å². The van der Waals surface area contributed by atoms with E-state index in [1.54, 1.807) is 29.5 Å².